The Morgan fingerprint density at radius 3 is 2.59 bits per heavy atom. The summed E-state index contributed by atoms with van der Waals surface area (Å²) >= 11 is 1.73. The van der Waals surface area contributed by atoms with Gasteiger partial charge in [-0.3, -0.25) is 4.79 Å². The van der Waals surface area contributed by atoms with Gasteiger partial charge in [0, 0.05) is 17.4 Å². The predicted octanol–water partition coefficient (Wildman–Crippen LogP) is 2.73. The number of aryl methyl sites for hydroxylation is 1. The maximum atomic E-state index is 13.6. The molecule has 144 valence electrons. The van der Waals surface area contributed by atoms with E-state index in [1.54, 1.807) is 30.4 Å². The first-order valence-corrected chi connectivity index (χ1v) is 10.5. The number of halogens is 1. The summed E-state index contributed by atoms with van der Waals surface area (Å²) in [6.45, 7) is 4.85. The summed E-state index contributed by atoms with van der Waals surface area (Å²) in [6.07, 6.45) is 4.53. The first-order chi connectivity index (χ1) is 13.1. The summed E-state index contributed by atoms with van der Waals surface area (Å²) in [5.41, 5.74) is 3.75. The third-order valence-electron chi connectivity index (χ3n) is 5.54. The van der Waals surface area contributed by atoms with Gasteiger partial charge in [-0.1, -0.05) is 0 Å². The SMILES string of the molecule is CC(=O)Nc1sc2c(c1[C@H](c1ccc(F)cc1)[NH+]1CCOCC1)CCCC2. The number of carbonyl (C=O) groups excluding carboxylic acids is 1. The monoisotopic (exact) mass is 389 g/mol. The van der Waals surface area contributed by atoms with Crippen LogP contribution in [0.25, 0.3) is 0 Å². The summed E-state index contributed by atoms with van der Waals surface area (Å²) in [7, 11) is 0. The van der Waals surface area contributed by atoms with Gasteiger partial charge in [-0.05, 0) is 55.5 Å². The van der Waals surface area contributed by atoms with Gasteiger partial charge in [-0.15, -0.1) is 11.3 Å². The molecule has 1 aromatic heterocycles. The number of anilines is 1. The first-order valence-electron chi connectivity index (χ1n) is 9.73. The number of hydrogen-bond acceptors (Lipinski definition) is 3. The van der Waals surface area contributed by atoms with Crippen molar-refractivity contribution in [1.29, 1.82) is 0 Å². The average Bonchev–Trinajstić information content (AvgIpc) is 3.02. The Morgan fingerprint density at radius 1 is 1.19 bits per heavy atom. The van der Waals surface area contributed by atoms with Gasteiger partial charge in [-0.2, -0.15) is 0 Å². The van der Waals surface area contributed by atoms with E-state index in [0.717, 1.165) is 49.7 Å². The van der Waals surface area contributed by atoms with Crippen molar-refractivity contribution in [1.82, 2.24) is 0 Å². The van der Waals surface area contributed by atoms with E-state index in [1.165, 1.54) is 33.7 Å². The van der Waals surface area contributed by atoms with Crippen molar-refractivity contribution >= 4 is 22.2 Å². The number of rotatable bonds is 4. The highest BCUT2D eigenvalue weighted by atomic mass is 32.1. The van der Waals surface area contributed by atoms with Gasteiger partial charge in [0.05, 0.1) is 18.8 Å². The van der Waals surface area contributed by atoms with Gasteiger partial charge in [0.15, 0.2) is 0 Å². The highest BCUT2D eigenvalue weighted by molar-refractivity contribution is 7.16. The molecule has 1 saturated heterocycles. The molecule has 1 amide bonds. The lowest BCUT2D eigenvalue weighted by Crippen LogP contribution is -3.14. The molecule has 0 radical (unpaired) electrons. The zero-order valence-corrected chi connectivity index (χ0v) is 16.5. The number of nitrogens with one attached hydrogen (secondary N) is 2. The van der Waals surface area contributed by atoms with Crippen LogP contribution >= 0.6 is 11.3 Å². The van der Waals surface area contributed by atoms with Crippen LogP contribution in [0.5, 0.6) is 0 Å². The number of ether oxygens (including phenoxy) is 1. The van der Waals surface area contributed by atoms with Crippen LogP contribution in [0.4, 0.5) is 9.39 Å². The normalized spacial score (nSPS) is 18.7. The van der Waals surface area contributed by atoms with Crippen molar-refractivity contribution in [3.8, 4) is 0 Å². The molecule has 1 atom stereocenters. The van der Waals surface area contributed by atoms with Gasteiger partial charge in [-0.25, -0.2) is 4.39 Å². The van der Waals surface area contributed by atoms with E-state index in [2.05, 4.69) is 5.32 Å². The molecule has 1 aliphatic heterocycles. The second-order valence-electron chi connectivity index (χ2n) is 7.39. The third-order valence-corrected chi connectivity index (χ3v) is 6.76. The highest BCUT2D eigenvalue weighted by Gasteiger charge is 2.35. The predicted molar refractivity (Wildman–Crippen MR) is 105 cm³/mol. The van der Waals surface area contributed by atoms with Crippen molar-refractivity contribution in [2.75, 3.05) is 31.6 Å². The van der Waals surface area contributed by atoms with Gasteiger partial charge < -0.3 is 15.0 Å². The second kappa shape index (κ2) is 8.09. The Kier molecular flexibility index (Phi) is 5.57. The number of quaternary nitrogens is 1. The molecule has 1 fully saturated rings. The molecule has 2 N–H and O–H groups in total. The molecule has 2 aliphatic rings. The van der Waals surface area contributed by atoms with Crippen molar-refractivity contribution in [2.24, 2.45) is 0 Å². The molecule has 4 nitrogen and oxygen atoms in total. The van der Waals surface area contributed by atoms with Crippen LogP contribution in [-0.2, 0) is 22.4 Å². The molecule has 2 heterocycles. The van der Waals surface area contributed by atoms with Crippen LogP contribution in [0, 0.1) is 5.82 Å². The van der Waals surface area contributed by atoms with Gasteiger partial charge >= 0.3 is 0 Å². The Labute approximate surface area is 163 Å². The van der Waals surface area contributed by atoms with E-state index in [4.69, 9.17) is 4.74 Å². The van der Waals surface area contributed by atoms with Gasteiger partial charge in [0.1, 0.15) is 29.9 Å². The standard InChI is InChI=1S/C21H25FN2O2S/c1-14(25)23-21-19(17-4-2-3-5-18(17)27-21)20(24-10-12-26-13-11-24)15-6-8-16(22)9-7-15/h6-9,20H,2-5,10-13H2,1H3,(H,23,25)/p+1/t20-/m0/s1. The van der Waals surface area contributed by atoms with Crippen molar-refractivity contribution in [3.63, 3.8) is 0 Å². The van der Waals surface area contributed by atoms with E-state index in [-0.39, 0.29) is 17.8 Å². The third kappa shape index (κ3) is 3.93. The molecule has 0 bridgehead atoms. The Hall–Kier alpha value is -1.76. The highest BCUT2D eigenvalue weighted by Crippen LogP contribution is 2.42. The maximum Gasteiger partial charge on any atom is 0.221 e. The lowest BCUT2D eigenvalue weighted by atomic mass is 9.88. The van der Waals surface area contributed by atoms with Crippen molar-refractivity contribution in [3.05, 3.63) is 51.7 Å². The van der Waals surface area contributed by atoms with Crippen LogP contribution in [0.2, 0.25) is 0 Å². The summed E-state index contributed by atoms with van der Waals surface area (Å²) in [5.74, 6) is -0.256. The van der Waals surface area contributed by atoms with Gasteiger partial charge in [0.25, 0.3) is 0 Å². The summed E-state index contributed by atoms with van der Waals surface area (Å²) in [6, 6.07) is 6.97. The van der Waals surface area contributed by atoms with E-state index < -0.39 is 0 Å². The molecule has 27 heavy (non-hydrogen) atoms. The molecule has 0 spiro atoms. The molecule has 4 rings (SSSR count). The Balaban J connectivity index is 1.84. The molecule has 1 aliphatic carbocycles. The minimum atomic E-state index is -0.219. The van der Waals surface area contributed by atoms with E-state index in [0.29, 0.717) is 0 Å². The van der Waals surface area contributed by atoms with Crippen molar-refractivity contribution < 1.29 is 18.8 Å². The van der Waals surface area contributed by atoms with Crippen LogP contribution < -0.4 is 10.2 Å². The first kappa shape index (κ1) is 18.6. The molecule has 2 aromatic rings. The number of morpholine rings is 1. The van der Waals surface area contributed by atoms with Crippen LogP contribution in [-0.4, -0.2) is 32.2 Å². The molecular weight excluding hydrogens is 363 g/mol. The molecule has 6 heteroatoms. The summed E-state index contributed by atoms with van der Waals surface area (Å²) < 4.78 is 19.2. The number of fused-ring (bicyclic) bond motifs is 1. The number of benzene rings is 1. The topological polar surface area (TPSA) is 42.8 Å². The fourth-order valence-electron chi connectivity index (χ4n) is 4.33. The molecule has 0 unspecified atom stereocenters. The number of carbonyl (C=O) groups is 1. The van der Waals surface area contributed by atoms with E-state index in [9.17, 15) is 9.18 Å². The van der Waals surface area contributed by atoms with Crippen molar-refractivity contribution in [2.45, 2.75) is 38.6 Å². The molecular formula is C21H26FN2O2S+. The van der Waals surface area contributed by atoms with E-state index in [1.807, 2.05) is 12.1 Å². The van der Waals surface area contributed by atoms with Crippen LogP contribution in [0.3, 0.4) is 0 Å². The summed E-state index contributed by atoms with van der Waals surface area (Å²) in [4.78, 5) is 14.7. The lowest BCUT2D eigenvalue weighted by molar-refractivity contribution is -0.933. The minimum absolute atomic E-state index is 0.0373. The smallest absolute Gasteiger partial charge is 0.221 e. The van der Waals surface area contributed by atoms with E-state index >= 15 is 0 Å². The van der Waals surface area contributed by atoms with Gasteiger partial charge in [0.2, 0.25) is 5.91 Å². The van der Waals surface area contributed by atoms with Crippen LogP contribution in [0.15, 0.2) is 24.3 Å². The zero-order chi connectivity index (χ0) is 18.8. The molecule has 1 aromatic carbocycles. The lowest BCUT2D eigenvalue weighted by Gasteiger charge is -2.33. The number of thiophene rings is 1. The largest absolute Gasteiger partial charge is 0.370 e. The number of amides is 1. The number of hydrogen-bond donors (Lipinski definition) is 2. The fourth-order valence-corrected chi connectivity index (χ4v) is 5.71. The second-order valence-corrected chi connectivity index (χ2v) is 8.50. The Bertz CT molecular complexity index is 812. The summed E-state index contributed by atoms with van der Waals surface area (Å²) in [5, 5.41) is 4.07. The Morgan fingerprint density at radius 2 is 1.89 bits per heavy atom. The maximum absolute atomic E-state index is 13.6. The average molecular weight is 390 g/mol. The van der Waals surface area contributed by atoms with Crippen LogP contribution in [0.1, 0.15) is 47.4 Å². The molecule has 0 saturated carbocycles. The zero-order valence-electron chi connectivity index (χ0n) is 15.6. The quantitative estimate of drug-likeness (QED) is 0.844. The minimum Gasteiger partial charge on any atom is -0.370 e. The fraction of sp³-hybridized carbons (Fsp3) is 0.476.